The lowest BCUT2D eigenvalue weighted by atomic mass is 10.1. The van der Waals surface area contributed by atoms with Crippen LogP contribution in [0.3, 0.4) is 0 Å². The maximum absolute atomic E-state index is 13.7. The van der Waals surface area contributed by atoms with Gasteiger partial charge in [0, 0.05) is 49.4 Å². The molecule has 0 aromatic carbocycles. The van der Waals surface area contributed by atoms with E-state index in [1.165, 1.54) is 35.9 Å². The zero-order valence-corrected chi connectivity index (χ0v) is 20.5. The summed E-state index contributed by atoms with van der Waals surface area (Å²) >= 11 is 0. The Morgan fingerprint density at radius 1 is 1.18 bits per heavy atom. The summed E-state index contributed by atoms with van der Waals surface area (Å²) in [4.78, 5) is 53.3. The van der Waals surface area contributed by atoms with Crippen molar-refractivity contribution in [2.24, 2.45) is 0 Å². The van der Waals surface area contributed by atoms with Gasteiger partial charge in [0.15, 0.2) is 5.78 Å². The first kappa shape index (κ1) is 27.0. The average molecular weight is 534 g/mol. The lowest BCUT2D eigenvalue weighted by Crippen LogP contribution is -2.49. The molecule has 3 aromatic heterocycles. The van der Waals surface area contributed by atoms with Crippen molar-refractivity contribution in [1.29, 1.82) is 0 Å². The number of carbonyl (C=O) groups excluding carboxylic acids is 1. The summed E-state index contributed by atoms with van der Waals surface area (Å²) in [6, 6.07) is 3.62. The van der Waals surface area contributed by atoms with Gasteiger partial charge in [-0.25, -0.2) is 4.98 Å². The first-order chi connectivity index (χ1) is 18.1. The van der Waals surface area contributed by atoms with Crippen molar-refractivity contribution in [3.8, 4) is 0 Å². The number of nitrogens with one attached hydrogen (secondary N) is 1. The van der Waals surface area contributed by atoms with Gasteiger partial charge >= 0.3 is 6.18 Å². The molecule has 0 radical (unpaired) electrons. The Morgan fingerprint density at radius 3 is 2.61 bits per heavy atom. The molecule has 1 N–H and O–H groups in total. The van der Waals surface area contributed by atoms with Gasteiger partial charge in [-0.15, -0.1) is 0 Å². The molecular formula is C24H26F3N7O4. The highest BCUT2D eigenvalue weighted by Gasteiger charge is 2.46. The first-order valence-electron chi connectivity index (χ1n) is 11.9. The highest BCUT2D eigenvalue weighted by atomic mass is 19.4. The van der Waals surface area contributed by atoms with Crippen LogP contribution in [-0.4, -0.2) is 75.4 Å². The Hall–Kier alpha value is -4.07. The number of hydrogen-bond acceptors (Lipinski definition) is 9. The largest absolute Gasteiger partial charge is 0.409 e. The number of fused-ring (bicyclic) bond motifs is 1. The van der Waals surface area contributed by atoms with Gasteiger partial charge in [0.25, 0.3) is 11.1 Å². The van der Waals surface area contributed by atoms with Gasteiger partial charge in [-0.1, -0.05) is 0 Å². The summed E-state index contributed by atoms with van der Waals surface area (Å²) in [5.74, 6) is -0.176. The van der Waals surface area contributed by atoms with Crippen LogP contribution in [0.4, 0.5) is 24.9 Å². The van der Waals surface area contributed by atoms with Crippen molar-refractivity contribution in [3.05, 3.63) is 75.5 Å². The topological polar surface area (TPSA) is 126 Å². The van der Waals surface area contributed by atoms with Crippen molar-refractivity contribution < 1.29 is 22.7 Å². The molecule has 1 fully saturated rings. The molecule has 2 aliphatic heterocycles. The van der Waals surface area contributed by atoms with Crippen molar-refractivity contribution >= 4 is 17.5 Å². The third-order valence-corrected chi connectivity index (χ3v) is 6.14. The van der Waals surface area contributed by atoms with Crippen molar-refractivity contribution in [1.82, 2.24) is 24.5 Å². The van der Waals surface area contributed by atoms with E-state index >= 15 is 0 Å². The Kier molecular flexibility index (Phi) is 8.20. The summed E-state index contributed by atoms with van der Waals surface area (Å²) in [6.07, 6.45) is 0.773. The molecule has 38 heavy (non-hydrogen) atoms. The molecule has 202 valence electrons. The third kappa shape index (κ3) is 6.25. The molecule has 11 nitrogen and oxygen atoms in total. The van der Waals surface area contributed by atoms with Crippen LogP contribution in [0.15, 0.2) is 58.8 Å². The Bertz CT molecular complexity index is 1350. The number of Topliss-reactive ketones (excluding diaryl/α,β-unsaturated/α-hetero) is 1. The van der Waals surface area contributed by atoms with Crippen molar-refractivity contribution in [3.63, 3.8) is 0 Å². The van der Waals surface area contributed by atoms with E-state index < -0.39 is 17.8 Å². The number of H-pyrrole nitrogens is 1. The monoisotopic (exact) mass is 533 g/mol. The summed E-state index contributed by atoms with van der Waals surface area (Å²) < 4.78 is 47.1. The minimum absolute atomic E-state index is 0.0509. The molecule has 2 aliphatic rings. The Balaban J connectivity index is 0.000000417. The highest BCUT2D eigenvalue weighted by Crippen LogP contribution is 2.38. The van der Waals surface area contributed by atoms with Gasteiger partial charge in [-0.3, -0.25) is 23.9 Å². The number of alkyl halides is 3. The number of halogens is 3. The van der Waals surface area contributed by atoms with Crippen LogP contribution in [0.25, 0.3) is 0 Å². The summed E-state index contributed by atoms with van der Waals surface area (Å²) in [5, 5.41) is 0. The van der Waals surface area contributed by atoms with E-state index in [4.69, 9.17) is 4.74 Å². The Morgan fingerprint density at radius 2 is 2.00 bits per heavy atom. The molecule has 0 amide bonds. The normalized spacial score (nSPS) is 19.3. The van der Waals surface area contributed by atoms with Crippen LogP contribution in [0.2, 0.25) is 0 Å². The minimum atomic E-state index is -4.60. The molecule has 5 rings (SSSR count). The predicted molar refractivity (Wildman–Crippen MR) is 131 cm³/mol. The first-order valence-corrected chi connectivity index (χ1v) is 11.9. The lowest BCUT2D eigenvalue weighted by molar-refractivity contribution is -0.170. The van der Waals surface area contributed by atoms with Gasteiger partial charge in [0.1, 0.15) is 11.9 Å². The van der Waals surface area contributed by atoms with Crippen LogP contribution in [0.5, 0.6) is 0 Å². The number of hydrogen-bond donors (Lipinski definition) is 1. The van der Waals surface area contributed by atoms with Gasteiger partial charge in [0.05, 0.1) is 32.1 Å². The van der Waals surface area contributed by atoms with Gasteiger partial charge < -0.3 is 19.5 Å². The molecule has 0 bridgehead atoms. The number of aromatic amines is 1. The maximum atomic E-state index is 13.7. The fraction of sp³-hybridized carbons (Fsp3) is 0.417. The zero-order chi connectivity index (χ0) is 27.3. The molecule has 1 saturated heterocycles. The van der Waals surface area contributed by atoms with Crippen LogP contribution in [-0.2, 0) is 4.74 Å². The van der Waals surface area contributed by atoms with Crippen molar-refractivity contribution in [2.45, 2.75) is 31.6 Å². The molecule has 0 unspecified atom stereocenters. The predicted octanol–water partition coefficient (Wildman–Crippen LogP) is 1.83. The molecule has 5 heterocycles. The van der Waals surface area contributed by atoms with Gasteiger partial charge in [-0.2, -0.15) is 18.2 Å². The summed E-state index contributed by atoms with van der Waals surface area (Å²) in [6.45, 7) is 2.96. The average Bonchev–Trinajstić information content (AvgIpc) is 2.90. The number of nitrogens with zero attached hydrogens (tertiary/aromatic N) is 6. The lowest BCUT2D eigenvalue weighted by Gasteiger charge is -2.38. The highest BCUT2D eigenvalue weighted by molar-refractivity contribution is 5.98. The fourth-order valence-electron chi connectivity index (χ4n) is 4.26. The standard InChI is InChI=1S/C20H22F3N5O3.C4H4N2O/c1-13-12-31-8-7-27(13)17-9-18(30)28-16(20(21,22)23)4-6-26(19(28)25-17)11-15(29)14-3-2-5-24-10-14;7-4-1-2-5-3-6-4/h2-3,5,9-10,13,16H,4,6-8,11-12H2,1H3;1-3H,(H,5,6,7)/t13-,16-;/m1./s1. The Labute approximate surface area is 214 Å². The smallest absolute Gasteiger partial charge is 0.377 e. The number of anilines is 2. The second-order valence-corrected chi connectivity index (χ2v) is 8.77. The molecular weight excluding hydrogens is 507 g/mol. The van der Waals surface area contributed by atoms with E-state index in [0.717, 1.165) is 6.07 Å². The zero-order valence-electron chi connectivity index (χ0n) is 20.5. The molecule has 3 aromatic rings. The van der Waals surface area contributed by atoms with Crippen LogP contribution < -0.4 is 20.9 Å². The van der Waals surface area contributed by atoms with Crippen LogP contribution >= 0.6 is 0 Å². The number of morpholine rings is 1. The number of rotatable bonds is 4. The van der Waals surface area contributed by atoms with E-state index in [0.29, 0.717) is 29.9 Å². The molecule has 2 atom stereocenters. The van der Waals surface area contributed by atoms with E-state index in [1.807, 2.05) is 11.8 Å². The minimum Gasteiger partial charge on any atom is -0.377 e. The van der Waals surface area contributed by atoms with Crippen molar-refractivity contribution in [2.75, 3.05) is 42.6 Å². The van der Waals surface area contributed by atoms with Crippen LogP contribution in [0, 0.1) is 0 Å². The number of pyridine rings is 1. The molecule has 0 spiro atoms. The van der Waals surface area contributed by atoms with Gasteiger partial charge in [-0.05, 0) is 25.5 Å². The third-order valence-electron chi connectivity index (χ3n) is 6.14. The van der Waals surface area contributed by atoms with Crippen LogP contribution in [0.1, 0.15) is 29.7 Å². The summed E-state index contributed by atoms with van der Waals surface area (Å²) in [5.41, 5.74) is -0.568. The van der Waals surface area contributed by atoms with E-state index in [1.54, 1.807) is 12.1 Å². The molecule has 0 aliphatic carbocycles. The SMILES string of the molecule is C[C@@H]1COCCN1c1cc(=O)n2c(n1)N(CC(=O)c1cccnc1)CC[C@@H]2C(F)(F)F.O=c1ccnc[nH]1. The molecule has 0 saturated carbocycles. The van der Waals surface area contributed by atoms with E-state index in [-0.39, 0.29) is 48.7 Å². The number of ether oxygens (including phenoxy) is 1. The number of ketones is 1. The molecule has 14 heteroatoms. The van der Waals surface area contributed by atoms with E-state index in [2.05, 4.69) is 19.9 Å². The number of aromatic nitrogens is 5. The second-order valence-electron chi connectivity index (χ2n) is 8.77. The number of carbonyl (C=O) groups is 1. The fourth-order valence-corrected chi connectivity index (χ4v) is 4.26. The van der Waals surface area contributed by atoms with Gasteiger partial charge in [0.2, 0.25) is 5.95 Å². The maximum Gasteiger partial charge on any atom is 0.409 e. The quantitative estimate of drug-likeness (QED) is 0.500. The second kappa shape index (κ2) is 11.5. The van der Waals surface area contributed by atoms with E-state index in [9.17, 15) is 27.6 Å². The summed E-state index contributed by atoms with van der Waals surface area (Å²) in [7, 11) is 0.